The number of alkyl carbamates (subject to hydrolysis) is 1. The summed E-state index contributed by atoms with van der Waals surface area (Å²) in [5.41, 5.74) is 12.5. The Balaban J connectivity index is 1.28. The topological polar surface area (TPSA) is 238 Å². The lowest BCUT2D eigenvalue weighted by atomic mass is 10.0. The van der Waals surface area contributed by atoms with E-state index in [0.29, 0.717) is 11.2 Å². The molecule has 7 N–H and O–H groups in total. The molecule has 6 aromatic carbocycles. The Bertz CT molecular complexity index is 2530. The molecule has 0 unspecified atom stereocenters. The first kappa shape index (κ1) is 50.9. The Labute approximate surface area is 400 Å². The van der Waals surface area contributed by atoms with Crippen molar-refractivity contribution in [1.29, 1.82) is 0 Å². The highest BCUT2D eigenvalue weighted by atomic mass is 31.2. The quantitative estimate of drug-likeness (QED) is 0.00708. The van der Waals surface area contributed by atoms with Gasteiger partial charge in [0, 0.05) is 13.0 Å². The van der Waals surface area contributed by atoms with Gasteiger partial charge in [0.15, 0.2) is 11.5 Å². The predicted octanol–water partition coefficient (Wildman–Crippen LogP) is 6.91. The van der Waals surface area contributed by atoms with Gasteiger partial charge in [-0.15, -0.1) is 0 Å². The average molecular weight is 959 g/mol. The number of benzene rings is 6. The zero-order valence-electron chi connectivity index (χ0n) is 37.7. The molecule has 18 heteroatoms. The molecule has 360 valence electrons. The Morgan fingerprint density at radius 2 is 1.09 bits per heavy atom. The van der Waals surface area contributed by atoms with Crippen molar-refractivity contribution in [3.8, 4) is 11.5 Å². The van der Waals surface area contributed by atoms with Crippen LogP contribution >= 0.6 is 7.82 Å². The molecular weight excluding hydrogens is 904 g/mol. The van der Waals surface area contributed by atoms with E-state index < -0.39 is 37.9 Å². The number of nitrogens with zero attached hydrogens (tertiary/aromatic N) is 1. The smallest absolute Gasteiger partial charge is 0.530 e. The third-order valence-corrected chi connectivity index (χ3v) is 11.5. The van der Waals surface area contributed by atoms with Gasteiger partial charge in [-0.3, -0.25) is 19.4 Å². The maximum atomic E-state index is 14.5. The van der Waals surface area contributed by atoms with E-state index >= 15 is 0 Å². The van der Waals surface area contributed by atoms with Crippen LogP contribution in [0.3, 0.4) is 0 Å². The number of nitrogens with one attached hydrogen (secondary N) is 3. The number of esters is 1. The molecule has 0 aromatic heterocycles. The van der Waals surface area contributed by atoms with Crippen LogP contribution in [0.2, 0.25) is 0 Å². The summed E-state index contributed by atoms with van der Waals surface area (Å²) in [6, 6.07) is 47.9. The van der Waals surface area contributed by atoms with Gasteiger partial charge in [0.1, 0.15) is 31.9 Å². The van der Waals surface area contributed by atoms with E-state index in [4.69, 9.17) is 33.5 Å². The van der Waals surface area contributed by atoms with Crippen molar-refractivity contribution in [1.82, 2.24) is 16.1 Å². The molecule has 0 heterocycles. The molecule has 6 aromatic rings. The summed E-state index contributed by atoms with van der Waals surface area (Å²) in [5, 5.41) is 16.2. The summed E-state index contributed by atoms with van der Waals surface area (Å²) < 4.78 is 50.0. The summed E-state index contributed by atoms with van der Waals surface area (Å²) in [4.78, 5) is 45.5. The highest BCUT2D eigenvalue weighted by Gasteiger charge is 2.32. The van der Waals surface area contributed by atoms with Crippen LogP contribution < -0.4 is 36.6 Å². The fourth-order valence-electron chi connectivity index (χ4n) is 6.57. The fraction of sp³-hybridized carbons (Fsp3) is 0.216. The highest BCUT2D eigenvalue weighted by molar-refractivity contribution is 7.48. The number of nitrogens with two attached hydrogens (primary N) is 2. The zero-order valence-corrected chi connectivity index (χ0v) is 38.6. The molecule has 17 nitrogen and oxygen atoms in total. The molecule has 2 amide bonds. The number of phosphoric acid groups is 1. The lowest BCUT2D eigenvalue weighted by Crippen LogP contribution is -2.89. The van der Waals surface area contributed by atoms with Crippen molar-refractivity contribution in [2.75, 3.05) is 6.54 Å². The van der Waals surface area contributed by atoms with Crippen LogP contribution in [0.15, 0.2) is 175 Å². The van der Waals surface area contributed by atoms with Crippen molar-refractivity contribution in [3.05, 3.63) is 208 Å². The standard InChI is InChI=1S/C51H55N6O11P/c52-50(56-57-61)53-30-16-27-44(49(59)64-34-39-19-8-2-9-20-39)54-48(58)45(55-51(60)65-35-40-21-10-3-11-22-40)31-43-28-29-46(47(32-43)63-33-38-17-6-1-7-18-38)68-69(62,66-36-41-23-12-4-13-24-41)67-37-42-25-14-5-15-26-42/h1-15,17-26,28-29,32,44-45H,16,27,30-31,33-37,57H2,(H,54,58)(H,55,60)(H3,52,53,56)/t44-,45-/m0/s1. The molecule has 6 rings (SSSR count). The van der Waals surface area contributed by atoms with E-state index in [1.807, 2.05) is 103 Å². The number of rotatable bonds is 26. The molecule has 0 radical (unpaired) electrons. The number of phosphoric ester groups is 1. The van der Waals surface area contributed by atoms with Crippen LogP contribution in [0.1, 0.15) is 46.2 Å². The van der Waals surface area contributed by atoms with Gasteiger partial charge in [-0.25, -0.2) is 24.6 Å². The van der Waals surface area contributed by atoms with Gasteiger partial charge in [0.05, 0.1) is 13.2 Å². The van der Waals surface area contributed by atoms with Crippen molar-refractivity contribution >= 4 is 31.8 Å². The highest BCUT2D eigenvalue weighted by Crippen LogP contribution is 2.53. The second-order valence-electron chi connectivity index (χ2n) is 15.4. The molecule has 0 spiro atoms. The van der Waals surface area contributed by atoms with Crippen LogP contribution in [0.5, 0.6) is 11.5 Å². The Kier molecular flexibility index (Phi) is 20.1. The first-order chi connectivity index (χ1) is 33.6. The van der Waals surface area contributed by atoms with Gasteiger partial charge in [0.25, 0.3) is 0 Å². The number of carbonyl (C=O) groups excluding carboxylic acids is 3. The molecule has 0 bridgehead atoms. The van der Waals surface area contributed by atoms with E-state index in [1.165, 1.54) is 6.07 Å². The Hall–Kier alpha value is -7.53. The van der Waals surface area contributed by atoms with Crippen molar-refractivity contribution in [3.63, 3.8) is 0 Å². The minimum Gasteiger partial charge on any atom is -0.609 e. The van der Waals surface area contributed by atoms with Crippen LogP contribution in [-0.2, 0) is 72.1 Å². The number of aliphatic imine (C=N–C) groups is 1. The van der Waals surface area contributed by atoms with Crippen LogP contribution in [0.25, 0.3) is 0 Å². The molecule has 0 aliphatic heterocycles. The number of carbonyl (C=O) groups is 3. The lowest BCUT2D eigenvalue weighted by molar-refractivity contribution is -0.633. The van der Waals surface area contributed by atoms with Gasteiger partial charge < -0.3 is 40.3 Å². The van der Waals surface area contributed by atoms with Crippen molar-refractivity contribution < 1.29 is 52.3 Å². The minimum atomic E-state index is -4.37. The third kappa shape index (κ3) is 17.9. The van der Waals surface area contributed by atoms with E-state index in [0.717, 1.165) is 27.8 Å². The van der Waals surface area contributed by atoms with Crippen LogP contribution in [0, 0.1) is 5.21 Å². The number of guanidine groups is 1. The maximum absolute atomic E-state index is 14.5. The van der Waals surface area contributed by atoms with E-state index in [9.17, 15) is 24.2 Å². The SMILES string of the molecule is NC(=NCCC[C@H](NC(=O)[C@H](Cc1ccc(OP(=O)(OCc2ccccc2)OCc2ccccc2)c(OCc2ccccc2)c1)NC(=O)OCc1ccccc1)C(=O)OCc1ccccc1)N[NH2+][O-]. The van der Waals surface area contributed by atoms with Crippen molar-refractivity contribution in [2.24, 2.45) is 10.7 Å². The zero-order chi connectivity index (χ0) is 48.5. The monoisotopic (exact) mass is 958 g/mol. The summed E-state index contributed by atoms with van der Waals surface area (Å²) in [5.74, 6) is -1.43. The first-order valence-corrected chi connectivity index (χ1v) is 23.5. The normalized spacial score (nSPS) is 12.2. The van der Waals surface area contributed by atoms with E-state index in [-0.39, 0.29) is 76.3 Å². The predicted molar refractivity (Wildman–Crippen MR) is 257 cm³/mol. The minimum absolute atomic E-state index is 0.0169. The van der Waals surface area contributed by atoms with Crippen LogP contribution in [-0.4, -0.2) is 42.6 Å². The van der Waals surface area contributed by atoms with Gasteiger partial charge in [0.2, 0.25) is 11.9 Å². The number of ether oxygens (including phenoxy) is 3. The van der Waals surface area contributed by atoms with Gasteiger partial charge >= 0.3 is 19.9 Å². The number of hydrogen-bond acceptors (Lipinski definition) is 12. The van der Waals surface area contributed by atoms with Crippen LogP contribution in [0.4, 0.5) is 4.79 Å². The molecular formula is C51H55N6O11P. The first-order valence-electron chi connectivity index (χ1n) is 22.1. The summed E-state index contributed by atoms with van der Waals surface area (Å²) in [6.07, 6.45) is -0.737. The summed E-state index contributed by atoms with van der Waals surface area (Å²) in [7, 11) is -4.37. The molecule has 0 saturated carbocycles. The number of quaternary nitrogens is 1. The summed E-state index contributed by atoms with van der Waals surface area (Å²) >= 11 is 0. The largest absolute Gasteiger partial charge is 0.609 e. The molecule has 0 aliphatic carbocycles. The van der Waals surface area contributed by atoms with Gasteiger partial charge in [-0.1, -0.05) is 158 Å². The number of amides is 2. The molecule has 2 atom stereocenters. The van der Waals surface area contributed by atoms with Gasteiger partial charge in [-0.2, -0.15) is 0 Å². The Morgan fingerprint density at radius 3 is 1.61 bits per heavy atom. The molecule has 0 aliphatic rings. The fourth-order valence-corrected chi connectivity index (χ4v) is 7.76. The third-order valence-electron chi connectivity index (χ3n) is 10.1. The molecule has 0 saturated heterocycles. The molecule has 69 heavy (non-hydrogen) atoms. The maximum Gasteiger partial charge on any atom is 0.530 e. The number of hydrogen-bond donors (Lipinski definition) is 5. The second kappa shape index (κ2) is 27.3. The molecule has 0 fully saturated rings. The van der Waals surface area contributed by atoms with Gasteiger partial charge in [-0.05, 0) is 58.4 Å². The Morgan fingerprint density at radius 1 is 0.594 bits per heavy atom. The average Bonchev–Trinajstić information content (AvgIpc) is 3.38. The second-order valence-corrected chi connectivity index (χ2v) is 17.0. The van der Waals surface area contributed by atoms with E-state index in [1.54, 1.807) is 60.7 Å². The van der Waals surface area contributed by atoms with Crippen molar-refractivity contribution in [2.45, 2.75) is 64.4 Å². The van der Waals surface area contributed by atoms with E-state index in [2.05, 4.69) is 21.1 Å². The lowest BCUT2D eigenvalue weighted by Gasteiger charge is -2.24. The summed E-state index contributed by atoms with van der Waals surface area (Å²) in [6.45, 7) is -0.139.